The molecule has 4 heteroatoms. The van der Waals surface area contributed by atoms with Crippen molar-refractivity contribution >= 4 is 34.7 Å². The monoisotopic (exact) mass is 310 g/mol. The summed E-state index contributed by atoms with van der Waals surface area (Å²) in [4.78, 5) is 2.11. The van der Waals surface area contributed by atoms with Crippen LogP contribution in [-0.4, -0.2) is 20.3 Å². The fraction of sp³-hybridized carbons (Fsp3) is 0.118. The van der Waals surface area contributed by atoms with Gasteiger partial charge in [-0.2, -0.15) is 0 Å². The van der Waals surface area contributed by atoms with Crippen LogP contribution in [0.3, 0.4) is 0 Å². The summed E-state index contributed by atoms with van der Waals surface area (Å²) in [5, 5.41) is 0. The highest BCUT2D eigenvalue weighted by molar-refractivity contribution is 8.01. The van der Waals surface area contributed by atoms with Crippen LogP contribution in [0.4, 0.5) is 0 Å². The molecule has 2 nitrogen and oxygen atoms in total. The summed E-state index contributed by atoms with van der Waals surface area (Å²) in [6.45, 7) is 2.08. The first-order valence-corrected chi connectivity index (χ1v) is 8.13. The van der Waals surface area contributed by atoms with Crippen LogP contribution in [0, 0.1) is 0 Å². The lowest BCUT2D eigenvalue weighted by Gasteiger charge is -2.27. The maximum atomic E-state index is 5.54. The number of hydrogen-bond acceptors (Lipinski definition) is 3. The molecule has 1 aromatic carbocycles. The van der Waals surface area contributed by atoms with Gasteiger partial charge in [-0.15, -0.1) is 0 Å². The second-order valence-electron chi connectivity index (χ2n) is 5.09. The molecule has 4 rings (SSSR count). The molecule has 0 fully saturated rings. The Labute approximate surface area is 133 Å². The summed E-state index contributed by atoms with van der Waals surface area (Å²) in [5.74, 6) is 0. The van der Waals surface area contributed by atoms with Crippen LogP contribution in [0.1, 0.15) is 11.3 Å². The van der Waals surface area contributed by atoms with Crippen molar-refractivity contribution in [1.82, 2.24) is 8.87 Å². The summed E-state index contributed by atoms with van der Waals surface area (Å²) < 4.78 is 4.66. The third-order valence-electron chi connectivity index (χ3n) is 3.73. The molecule has 2 aromatic rings. The summed E-state index contributed by atoms with van der Waals surface area (Å²) in [6, 6.07) is 14.5. The summed E-state index contributed by atoms with van der Waals surface area (Å²) >= 11 is 7.33. The molecule has 0 radical (unpaired) electrons. The molecule has 2 aliphatic heterocycles. The molecule has 104 valence electrons. The minimum absolute atomic E-state index is 0.894. The quantitative estimate of drug-likeness (QED) is 0.357. The van der Waals surface area contributed by atoms with Gasteiger partial charge in [0.15, 0.2) is 0 Å². The molecule has 0 saturated heterocycles. The van der Waals surface area contributed by atoms with Crippen LogP contribution >= 0.6 is 24.2 Å². The molecular formula is C17H14N2S2. The van der Waals surface area contributed by atoms with Gasteiger partial charge in [0, 0.05) is 29.1 Å². The highest BCUT2D eigenvalue weighted by Gasteiger charge is 2.26. The topological polar surface area (TPSA) is 8.17 Å². The molecular weight excluding hydrogens is 296 g/mol. The average Bonchev–Trinajstić information content (AvgIpc) is 3.12. The Bertz CT molecular complexity index is 756. The lowest BCUT2D eigenvalue weighted by Crippen LogP contribution is -2.24. The molecule has 1 aromatic heterocycles. The van der Waals surface area contributed by atoms with Gasteiger partial charge in [0.25, 0.3) is 0 Å². The van der Waals surface area contributed by atoms with Gasteiger partial charge in [0.05, 0.1) is 11.4 Å². The Kier molecular flexibility index (Phi) is 3.20. The highest BCUT2D eigenvalue weighted by Crippen LogP contribution is 2.42. The average molecular weight is 310 g/mol. The van der Waals surface area contributed by atoms with Crippen molar-refractivity contribution in [3.05, 3.63) is 77.0 Å². The van der Waals surface area contributed by atoms with E-state index in [0.29, 0.717) is 0 Å². The highest BCUT2D eigenvalue weighted by atomic mass is 32.2. The van der Waals surface area contributed by atoms with E-state index in [4.69, 9.17) is 12.2 Å². The van der Waals surface area contributed by atoms with Gasteiger partial charge < -0.3 is 8.87 Å². The largest absolute Gasteiger partial charge is 0.344 e. The Morgan fingerprint density at radius 2 is 1.95 bits per heavy atom. The van der Waals surface area contributed by atoms with E-state index in [-0.39, 0.29) is 0 Å². The number of allylic oxidation sites excluding steroid dienone is 2. The van der Waals surface area contributed by atoms with Gasteiger partial charge in [0.2, 0.25) is 0 Å². The first-order valence-electron chi connectivity index (χ1n) is 6.95. The van der Waals surface area contributed by atoms with Crippen molar-refractivity contribution in [2.75, 3.05) is 6.54 Å². The second-order valence-corrected chi connectivity index (χ2v) is 6.62. The number of benzene rings is 1. The van der Waals surface area contributed by atoms with E-state index in [2.05, 4.69) is 51.5 Å². The number of hydrogen-bond donors (Lipinski definition) is 0. The van der Waals surface area contributed by atoms with E-state index in [1.54, 1.807) is 11.9 Å². The van der Waals surface area contributed by atoms with Gasteiger partial charge in [-0.05, 0) is 41.8 Å². The zero-order valence-electron chi connectivity index (χ0n) is 11.4. The van der Waals surface area contributed by atoms with Crippen LogP contribution in [-0.2, 0) is 6.54 Å². The molecule has 0 unspecified atom stereocenters. The van der Waals surface area contributed by atoms with E-state index in [0.717, 1.165) is 23.5 Å². The van der Waals surface area contributed by atoms with Crippen molar-refractivity contribution in [2.24, 2.45) is 0 Å². The molecule has 0 aliphatic carbocycles. The van der Waals surface area contributed by atoms with E-state index in [9.17, 15) is 0 Å². The van der Waals surface area contributed by atoms with E-state index < -0.39 is 0 Å². The van der Waals surface area contributed by atoms with Gasteiger partial charge in [-0.25, -0.2) is 0 Å². The van der Waals surface area contributed by atoms with Gasteiger partial charge >= 0.3 is 0 Å². The van der Waals surface area contributed by atoms with E-state index >= 15 is 0 Å². The van der Waals surface area contributed by atoms with Crippen LogP contribution in [0.25, 0.3) is 5.70 Å². The molecule has 0 amide bonds. The van der Waals surface area contributed by atoms with Crippen LogP contribution < -0.4 is 0 Å². The van der Waals surface area contributed by atoms with Gasteiger partial charge in [-0.3, -0.25) is 0 Å². The number of aromatic nitrogens is 1. The number of nitrogens with zero attached hydrogens (tertiary/aromatic N) is 2. The second kappa shape index (κ2) is 5.20. The fourth-order valence-corrected chi connectivity index (χ4v) is 4.04. The molecule has 2 aliphatic rings. The molecule has 0 saturated carbocycles. The minimum atomic E-state index is 0.894. The van der Waals surface area contributed by atoms with Gasteiger partial charge in [0.1, 0.15) is 0 Å². The molecule has 0 spiro atoms. The number of thiocarbonyl (C=S) groups is 1. The molecule has 0 bridgehead atoms. The third kappa shape index (κ3) is 2.34. The first-order chi connectivity index (χ1) is 10.3. The molecule has 3 heterocycles. The number of fused-ring (bicyclic) bond motifs is 3. The van der Waals surface area contributed by atoms with Crippen molar-refractivity contribution in [3.8, 4) is 0 Å². The predicted molar refractivity (Wildman–Crippen MR) is 92.9 cm³/mol. The standard InChI is InChI=1S/C17H14N2S2/c20-17(13-5-2-1-3-6-13)12-14-11-16-15-7-4-8-18(15)9-10-19(16)21-14/h1-8,11-12H,9-10H2/b14-12+. The Balaban J connectivity index is 1.65. The SMILES string of the molecule is S=C(/C=C1\C=C2c3cccn3CCN2S1)c1ccccc1. The zero-order chi connectivity index (χ0) is 14.2. The molecule has 21 heavy (non-hydrogen) atoms. The van der Waals surface area contributed by atoms with Gasteiger partial charge in [-0.1, -0.05) is 42.5 Å². The maximum Gasteiger partial charge on any atom is 0.0722 e. The normalized spacial score (nSPS) is 18.4. The molecule has 0 atom stereocenters. The lowest BCUT2D eigenvalue weighted by atomic mass is 10.1. The summed E-state index contributed by atoms with van der Waals surface area (Å²) in [5.41, 5.74) is 3.69. The van der Waals surface area contributed by atoms with Crippen LogP contribution in [0.15, 0.2) is 65.7 Å². The predicted octanol–water partition coefficient (Wildman–Crippen LogP) is 4.11. The Morgan fingerprint density at radius 1 is 1.10 bits per heavy atom. The van der Waals surface area contributed by atoms with Crippen LogP contribution in [0.5, 0.6) is 0 Å². The lowest BCUT2D eigenvalue weighted by molar-refractivity contribution is 0.521. The van der Waals surface area contributed by atoms with Crippen molar-refractivity contribution in [3.63, 3.8) is 0 Å². The summed E-state index contributed by atoms with van der Waals surface area (Å²) in [6.07, 6.45) is 6.49. The van der Waals surface area contributed by atoms with Crippen LogP contribution in [0.2, 0.25) is 0 Å². The van der Waals surface area contributed by atoms with E-state index in [1.807, 2.05) is 18.2 Å². The van der Waals surface area contributed by atoms with Crippen molar-refractivity contribution in [2.45, 2.75) is 6.54 Å². The molecule has 0 N–H and O–H groups in total. The Morgan fingerprint density at radius 3 is 2.81 bits per heavy atom. The number of rotatable bonds is 2. The maximum absolute atomic E-state index is 5.54. The fourth-order valence-electron chi connectivity index (χ4n) is 2.70. The zero-order valence-corrected chi connectivity index (χ0v) is 13.0. The van der Waals surface area contributed by atoms with Crippen molar-refractivity contribution < 1.29 is 0 Å². The smallest absolute Gasteiger partial charge is 0.0722 e. The van der Waals surface area contributed by atoms with E-state index in [1.165, 1.54) is 16.3 Å². The summed E-state index contributed by atoms with van der Waals surface area (Å²) in [7, 11) is 0. The Hall–Kier alpha value is -1.78. The first kappa shape index (κ1) is 12.9. The minimum Gasteiger partial charge on any atom is -0.344 e. The third-order valence-corrected chi connectivity index (χ3v) is 5.13. The van der Waals surface area contributed by atoms with Crippen molar-refractivity contribution in [1.29, 1.82) is 0 Å².